The van der Waals surface area contributed by atoms with Crippen LogP contribution < -0.4 is 0 Å². The van der Waals surface area contributed by atoms with Crippen molar-refractivity contribution in [1.82, 2.24) is 0 Å². The molecular formula is C15H21FO. The first kappa shape index (κ1) is 12.6. The fourth-order valence-corrected chi connectivity index (χ4v) is 2.66. The molecule has 0 saturated heterocycles. The largest absolute Gasteiger partial charge is 0.390 e. The molecule has 0 heterocycles. The van der Waals surface area contributed by atoms with E-state index in [4.69, 9.17) is 0 Å². The lowest BCUT2D eigenvalue weighted by atomic mass is 9.76. The van der Waals surface area contributed by atoms with Gasteiger partial charge in [0, 0.05) is 6.42 Å². The van der Waals surface area contributed by atoms with Gasteiger partial charge in [-0.25, -0.2) is 4.39 Å². The molecule has 1 N–H and O–H groups in total. The van der Waals surface area contributed by atoms with Crippen LogP contribution in [0.5, 0.6) is 0 Å². The zero-order valence-corrected chi connectivity index (χ0v) is 10.7. The SMILES string of the molecule is Cc1cc(F)ccc1CC(C)(O)CC1CCC1. The topological polar surface area (TPSA) is 20.2 Å². The minimum absolute atomic E-state index is 0.204. The van der Waals surface area contributed by atoms with Crippen LogP contribution in [0.2, 0.25) is 0 Å². The molecule has 1 saturated carbocycles. The van der Waals surface area contributed by atoms with Gasteiger partial charge >= 0.3 is 0 Å². The van der Waals surface area contributed by atoms with E-state index in [0.717, 1.165) is 17.5 Å². The molecule has 0 radical (unpaired) electrons. The third-order valence-corrected chi connectivity index (χ3v) is 3.83. The van der Waals surface area contributed by atoms with Gasteiger partial charge in [-0.15, -0.1) is 0 Å². The maximum absolute atomic E-state index is 13.0. The Labute approximate surface area is 103 Å². The normalized spacial score (nSPS) is 19.8. The van der Waals surface area contributed by atoms with Crippen LogP contribution in [0.4, 0.5) is 4.39 Å². The molecule has 0 amide bonds. The van der Waals surface area contributed by atoms with Crippen molar-refractivity contribution in [3.8, 4) is 0 Å². The second-order valence-corrected chi connectivity index (χ2v) is 5.75. The van der Waals surface area contributed by atoms with Gasteiger partial charge in [0.2, 0.25) is 0 Å². The van der Waals surface area contributed by atoms with Crippen molar-refractivity contribution in [2.75, 3.05) is 0 Å². The summed E-state index contributed by atoms with van der Waals surface area (Å²) in [4.78, 5) is 0. The molecule has 0 aromatic heterocycles. The standard InChI is InChI=1S/C15H21FO/c1-11-8-14(16)7-6-13(11)10-15(2,17)9-12-4-3-5-12/h6-8,12,17H,3-5,9-10H2,1-2H3. The van der Waals surface area contributed by atoms with Crippen molar-refractivity contribution in [2.45, 2.75) is 51.6 Å². The zero-order chi connectivity index (χ0) is 12.5. The van der Waals surface area contributed by atoms with E-state index in [2.05, 4.69) is 0 Å². The summed E-state index contributed by atoms with van der Waals surface area (Å²) in [7, 11) is 0. The molecule has 1 atom stereocenters. The highest BCUT2D eigenvalue weighted by atomic mass is 19.1. The smallest absolute Gasteiger partial charge is 0.123 e. The Morgan fingerprint density at radius 1 is 1.41 bits per heavy atom. The van der Waals surface area contributed by atoms with Gasteiger partial charge < -0.3 is 5.11 Å². The average molecular weight is 236 g/mol. The Morgan fingerprint density at radius 3 is 2.65 bits per heavy atom. The number of rotatable bonds is 4. The monoisotopic (exact) mass is 236 g/mol. The maximum Gasteiger partial charge on any atom is 0.123 e. The molecule has 2 rings (SSSR count). The molecule has 1 aromatic carbocycles. The van der Waals surface area contributed by atoms with Crippen molar-refractivity contribution >= 4 is 0 Å². The predicted molar refractivity (Wildman–Crippen MR) is 67.4 cm³/mol. The van der Waals surface area contributed by atoms with Crippen LogP contribution in [0.15, 0.2) is 18.2 Å². The van der Waals surface area contributed by atoms with E-state index in [1.54, 1.807) is 6.07 Å². The fraction of sp³-hybridized carbons (Fsp3) is 0.600. The molecule has 1 aliphatic rings. The molecule has 1 aliphatic carbocycles. The van der Waals surface area contributed by atoms with Crippen molar-refractivity contribution in [1.29, 1.82) is 0 Å². The van der Waals surface area contributed by atoms with Crippen molar-refractivity contribution < 1.29 is 9.50 Å². The van der Waals surface area contributed by atoms with Gasteiger partial charge in [-0.1, -0.05) is 25.3 Å². The van der Waals surface area contributed by atoms with Crippen LogP contribution in [0.1, 0.15) is 43.7 Å². The second kappa shape index (κ2) is 4.77. The molecule has 94 valence electrons. The molecule has 2 heteroatoms. The molecule has 1 aromatic rings. The molecule has 0 aliphatic heterocycles. The van der Waals surface area contributed by atoms with Crippen LogP contribution in [0.25, 0.3) is 0 Å². The second-order valence-electron chi connectivity index (χ2n) is 5.75. The van der Waals surface area contributed by atoms with Crippen molar-refractivity contribution in [3.63, 3.8) is 0 Å². The van der Waals surface area contributed by atoms with Gasteiger partial charge in [-0.3, -0.25) is 0 Å². The van der Waals surface area contributed by atoms with Crippen LogP contribution in [-0.2, 0) is 6.42 Å². The highest BCUT2D eigenvalue weighted by molar-refractivity contribution is 5.27. The predicted octanol–water partition coefficient (Wildman–Crippen LogP) is 3.62. The lowest BCUT2D eigenvalue weighted by molar-refractivity contribution is 0.0203. The lowest BCUT2D eigenvalue weighted by Gasteiger charge is -2.33. The van der Waals surface area contributed by atoms with Gasteiger partial charge in [0.05, 0.1) is 5.60 Å². The number of halogens is 1. The van der Waals surface area contributed by atoms with Crippen LogP contribution in [0.3, 0.4) is 0 Å². The van der Waals surface area contributed by atoms with E-state index in [1.165, 1.54) is 31.4 Å². The van der Waals surface area contributed by atoms with Gasteiger partial charge in [-0.2, -0.15) is 0 Å². The highest BCUT2D eigenvalue weighted by Crippen LogP contribution is 2.35. The number of aliphatic hydroxyl groups is 1. The Hall–Kier alpha value is -0.890. The summed E-state index contributed by atoms with van der Waals surface area (Å²) in [5, 5.41) is 10.4. The van der Waals surface area contributed by atoms with Crippen molar-refractivity contribution in [3.05, 3.63) is 35.1 Å². The number of hydrogen-bond acceptors (Lipinski definition) is 1. The number of hydrogen-bond donors (Lipinski definition) is 1. The Morgan fingerprint density at radius 2 is 2.12 bits per heavy atom. The Kier molecular flexibility index (Phi) is 3.53. The first-order chi connectivity index (χ1) is 7.96. The van der Waals surface area contributed by atoms with E-state index >= 15 is 0 Å². The third-order valence-electron chi connectivity index (χ3n) is 3.83. The zero-order valence-electron chi connectivity index (χ0n) is 10.7. The molecule has 0 spiro atoms. The van der Waals surface area contributed by atoms with Gasteiger partial charge in [0.1, 0.15) is 5.82 Å². The molecule has 1 fully saturated rings. The van der Waals surface area contributed by atoms with Gasteiger partial charge in [0.15, 0.2) is 0 Å². The average Bonchev–Trinajstić information content (AvgIpc) is 2.17. The van der Waals surface area contributed by atoms with Crippen LogP contribution in [0, 0.1) is 18.7 Å². The summed E-state index contributed by atoms with van der Waals surface area (Å²) in [6, 6.07) is 4.80. The third kappa shape index (κ3) is 3.29. The number of benzene rings is 1. The van der Waals surface area contributed by atoms with E-state index in [0.29, 0.717) is 12.3 Å². The quantitative estimate of drug-likeness (QED) is 0.846. The van der Waals surface area contributed by atoms with E-state index in [9.17, 15) is 9.50 Å². The fourth-order valence-electron chi connectivity index (χ4n) is 2.66. The molecule has 0 bridgehead atoms. The maximum atomic E-state index is 13.0. The lowest BCUT2D eigenvalue weighted by Crippen LogP contribution is -2.32. The van der Waals surface area contributed by atoms with Crippen LogP contribution >= 0.6 is 0 Å². The molecule has 1 nitrogen and oxygen atoms in total. The van der Waals surface area contributed by atoms with Crippen molar-refractivity contribution in [2.24, 2.45) is 5.92 Å². The Balaban J connectivity index is 2.02. The number of aryl methyl sites for hydroxylation is 1. The summed E-state index contributed by atoms with van der Waals surface area (Å²) >= 11 is 0. The molecule has 17 heavy (non-hydrogen) atoms. The Bertz CT molecular complexity index is 394. The summed E-state index contributed by atoms with van der Waals surface area (Å²) in [5.74, 6) is 0.482. The summed E-state index contributed by atoms with van der Waals surface area (Å²) in [6.07, 6.45) is 5.28. The summed E-state index contributed by atoms with van der Waals surface area (Å²) < 4.78 is 13.0. The van der Waals surface area contributed by atoms with E-state index in [1.807, 2.05) is 13.8 Å². The highest BCUT2D eigenvalue weighted by Gasteiger charge is 2.29. The first-order valence-electron chi connectivity index (χ1n) is 6.44. The van der Waals surface area contributed by atoms with E-state index < -0.39 is 5.60 Å². The van der Waals surface area contributed by atoms with Gasteiger partial charge in [0.25, 0.3) is 0 Å². The first-order valence-corrected chi connectivity index (χ1v) is 6.44. The van der Waals surface area contributed by atoms with Crippen LogP contribution in [-0.4, -0.2) is 10.7 Å². The van der Waals surface area contributed by atoms with Gasteiger partial charge in [-0.05, 0) is 49.4 Å². The summed E-state index contributed by atoms with van der Waals surface area (Å²) in [6.45, 7) is 3.80. The van der Waals surface area contributed by atoms with E-state index in [-0.39, 0.29) is 5.82 Å². The molecule has 1 unspecified atom stereocenters. The minimum atomic E-state index is -0.659. The summed E-state index contributed by atoms with van der Waals surface area (Å²) in [5.41, 5.74) is 1.32. The molecular weight excluding hydrogens is 215 g/mol. The minimum Gasteiger partial charge on any atom is -0.390 e.